The molecule has 2 unspecified atom stereocenters. The van der Waals surface area contributed by atoms with Crippen LogP contribution < -0.4 is 15.5 Å². The van der Waals surface area contributed by atoms with E-state index in [1.54, 1.807) is 25.3 Å². The van der Waals surface area contributed by atoms with Crippen molar-refractivity contribution in [3.05, 3.63) is 72.1 Å². The second kappa shape index (κ2) is 9.79. The maximum atomic E-state index is 12.4. The van der Waals surface area contributed by atoms with Crippen molar-refractivity contribution in [3.63, 3.8) is 0 Å². The molecule has 2 aromatic heterocycles. The number of nitrogens with zero attached hydrogens (tertiary/aromatic N) is 3. The fraction of sp³-hybridized carbons (Fsp3) is 0.280. The molecule has 2 amide bonds. The zero-order valence-electron chi connectivity index (χ0n) is 18.7. The largest absolute Gasteiger partial charge is 0.395 e. The van der Waals surface area contributed by atoms with E-state index in [9.17, 15) is 9.59 Å². The number of rotatable bonds is 6. The van der Waals surface area contributed by atoms with Crippen LogP contribution in [0.25, 0.3) is 11.3 Å². The Kier molecular flexibility index (Phi) is 6.65. The third-order valence-electron chi connectivity index (χ3n) is 5.73. The molecule has 1 aliphatic rings. The maximum absolute atomic E-state index is 12.4. The van der Waals surface area contributed by atoms with Gasteiger partial charge in [-0.2, -0.15) is 0 Å². The normalized spacial score (nSPS) is 17.2. The Morgan fingerprint density at radius 3 is 2.67 bits per heavy atom. The summed E-state index contributed by atoms with van der Waals surface area (Å²) < 4.78 is 0. The molecule has 33 heavy (non-hydrogen) atoms. The number of hydrogen-bond donors (Lipinski definition) is 3. The second-order valence-corrected chi connectivity index (χ2v) is 8.07. The van der Waals surface area contributed by atoms with Gasteiger partial charge < -0.3 is 20.6 Å². The smallest absolute Gasteiger partial charge is 0.252 e. The van der Waals surface area contributed by atoms with Crippen LogP contribution in [0.2, 0.25) is 0 Å². The average Bonchev–Trinajstić information content (AvgIpc) is 2.83. The van der Waals surface area contributed by atoms with Gasteiger partial charge in [-0.15, -0.1) is 0 Å². The van der Waals surface area contributed by atoms with E-state index >= 15 is 0 Å². The molecule has 4 rings (SSSR count). The SMILES string of the molecule is CC(=O)N1c2ccc(-c3ccc(C(=O)NCCO)cn3)cc2C(Nc2ccccn2)CC1C. The van der Waals surface area contributed by atoms with Gasteiger partial charge in [0.15, 0.2) is 0 Å². The topological polar surface area (TPSA) is 107 Å². The fourth-order valence-corrected chi connectivity index (χ4v) is 4.24. The summed E-state index contributed by atoms with van der Waals surface area (Å²) in [6.45, 7) is 3.72. The molecule has 0 fully saturated rings. The van der Waals surface area contributed by atoms with Gasteiger partial charge >= 0.3 is 0 Å². The van der Waals surface area contributed by atoms with Crippen molar-refractivity contribution >= 4 is 23.3 Å². The molecule has 0 bridgehead atoms. The number of anilines is 2. The van der Waals surface area contributed by atoms with Gasteiger partial charge in [0.2, 0.25) is 5.91 Å². The number of amides is 2. The molecule has 8 heteroatoms. The monoisotopic (exact) mass is 445 g/mol. The first-order valence-corrected chi connectivity index (χ1v) is 10.9. The fourth-order valence-electron chi connectivity index (χ4n) is 4.24. The number of nitrogens with one attached hydrogen (secondary N) is 2. The quantitative estimate of drug-likeness (QED) is 0.538. The first kappa shape index (κ1) is 22.4. The summed E-state index contributed by atoms with van der Waals surface area (Å²) in [4.78, 5) is 35.2. The number of hydrogen-bond acceptors (Lipinski definition) is 6. The summed E-state index contributed by atoms with van der Waals surface area (Å²) in [7, 11) is 0. The van der Waals surface area contributed by atoms with Crippen LogP contribution in [-0.4, -0.2) is 46.1 Å². The van der Waals surface area contributed by atoms with Gasteiger partial charge in [-0.1, -0.05) is 12.1 Å². The highest BCUT2D eigenvalue weighted by Crippen LogP contribution is 2.40. The predicted octanol–water partition coefficient (Wildman–Crippen LogP) is 3.16. The Morgan fingerprint density at radius 1 is 1.15 bits per heavy atom. The Balaban J connectivity index is 1.68. The minimum absolute atomic E-state index is 0.00385. The van der Waals surface area contributed by atoms with Crippen LogP contribution >= 0.6 is 0 Å². The lowest BCUT2D eigenvalue weighted by Gasteiger charge is -2.39. The molecule has 0 saturated heterocycles. The van der Waals surface area contributed by atoms with Gasteiger partial charge in [-0.05, 0) is 55.3 Å². The Bertz CT molecular complexity index is 1130. The molecule has 1 aliphatic heterocycles. The van der Waals surface area contributed by atoms with Crippen LogP contribution in [0.3, 0.4) is 0 Å². The summed E-state index contributed by atoms with van der Waals surface area (Å²) in [5.74, 6) is 0.502. The number of aromatic nitrogens is 2. The standard InChI is InChI=1S/C25H27N5O3/c1-16-13-22(29-24-5-3-4-10-26-24)20-14-18(7-9-23(20)30(16)17(2)32)21-8-6-19(15-28-21)25(33)27-11-12-31/h3-10,14-16,22,31H,11-13H2,1-2H3,(H,26,29)(H,27,33). The molecule has 0 saturated carbocycles. The third-order valence-corrected chi connectivity index (χ3v) is 5.73. The van der Waals surface area contributed by atoms with Crippen molar-refractivity contribution in [1.29, 1.82) is 0 Å². The number of fused-ring (bicyclic) bond motifs is 1. The minimum Gasteiger partial charge on any atom is -0.395 e. The number of benzene rings is 1. The van der Waals surface area contributed by atoms with E-state index < -0.39 is 0 Å². The van der Waals surface area contributed by atoms with E-state index in [1.165, 1.54) is 6.20 Å². The Labute approximate surface area is 192 Å². The van der Waals surface area contributed by atoms with Crippen LogP contribution in [0.5, 0.6) is 0 Å². The van der Waals surface area contributed by atoms with E-state index in [0.717, 1.165) is 34.7 Å². The third kappa shape index (κ3) is 4.85. The van der Waals surface area contributed by atoms with Crippen LogP contribution in [0.15, 0.2) is 60.9 Å². The lowest BCUT2D eigenvalue weighted by molar-refractivity contribution is -0.117. The zero-order valence-corrected chi connectivity index (χ0v) is 18.7. The molecule has 0 spiro atoms. The highest BCUT2D eigenvalue weighted by molar-refractivity contribution is 5.95. The minimum atomic E-state index is -0.278. The van der Waals surface area contributed by atoms with Crippen LogP contribution in [-0.2, 0) is 4.79 Å². The zero-order chi connectivity index (χ0) is 23.4. The number of aliphatic hydroxyl groups is 1. The van der Waals surface area contributed by atoms with Crippen LogP contribution in [0.4, 0.5) is 11.5 Å². The van der Waals surface area contributed by atoms with Crippen molar-refractivity contribution in [2.24, 2.45) is 0 Å². The first-order valence-electron chi connectivity index (χ1n) is 10.9. The van der Waals surface area contributed by atoms with Crippen molar-refractivity contribution in [3.8, 4) is 11.3 Å². The predicted molar refractivity (Wildman–Crippen MR) is 127 cm³/mol. The summed E-state index contributed by atoms with van der Waals surface area (Å²) in [5.41, 5.74) is 3.91. The molecule has 0 radical (unpaired) electrons. The van der Waals surface area contributed by atoms with E-state index in [4.69, 9.17) is 5.11 Å². The van der Waals surface area contributed by atoms with Gasteiger partial charge in [0.25, 0.3) is 5.91 Å². The Morgan fingerprint density at radius 2 is 2.00 bits per heavy atom. The maximum Gasteiger partial charge on any atom is 0.252 e. The molecular weight excluding hydrogens is 418 g/mol. The highest BCUT2D eigenvalue weighted by atomic mass is 16.3. The molecule has 1 aromatic carbocycles. The van der Waals surface area contributed by atoms with Crippen molar-refractivity contribution in [2.75, 3.05) is 23.4 Å². The molecule has 170 valence electrons. The van der Waals surface area contributed by atoms with Gasteiger partial charge in [0.1, 0.15) is 5.82 Å². The van der Waals surface area contributed by atoms with E-state index in [0.29, 0.717) is 5.56 Å². The van der Waals surface area contributed by atoms with Gasteiger partial charge in [-0.25, -0.2) is 4.98 Å². The van der Waals surface area contributed by atoms with Crippen molar-refractivity contribution < 1.29 is 14.7 Å². The van der Waals surface area contributed by atoms with Gasteiger partial charge in [-0.3, -0.25) is 14.6 Å². The van der Waals surface area contributed by atoms with E-state index in [1.807, 2.05) is 48.2 Å². The first-order chi connectivity index (χ1) is 16.0. The number of carbonyl (C=O) groups excluding carboxylic acids is 2. The Hall–Kier alpha value is -3.78. The lowest BCUT2D eigenvalue weighted by Crippen LogP contribution is -2.43. The molecule has 2 atom stereocenters. The number of aliphatic hydroxyl groups excluding tert-OH is 1. The molecule has 3 N–H and O–H groups in total. The molecule has 3 heterocycles. The van der Waals surface area contributed by atoms with Crippen LogP contribution in [0, 0.1) is 0 Å². The van der Waals surface area contributed by atoms with Crippen LogP contribution in [0.1, 0.15) is 42.2 Å². The highest BCUT2D eigenvalue weighted by Gasteiger charge is 2.32. The summed E-state index contributed by atoms with van der Waals surface area (Å²) >= 11 is 0. The second-order valence-electron chi connectivity index (χ2n) is 8.07. The number of carbonyl (C=O) groups is 2. The summed E-state index contributed by atoms with van der Waals surface area (Å²) in [6, 6.07) is 15.2. The molecule has 0 aliphatic carbocycles. The molecule has 3 aromatic rings. The van der Waals surface area contributed by atoms with Gasteiger partial charge in [0, 0.05) is 43.2 Å². The molecular formula is C25H27N5O3. The van der Waals surface area contributed by atoms with Gasteiger partial charge in [0.05, 0.1) is 23.9 Å². The van der Waals surface area contributed by atoms with Crippen molar-refractivity contribution in [2.45, 2.75) is 32.4 Å². The summed E-state index contributed by atoms with van der Waals surface area (Å²) in [5, 5.41) is 15.0. The van der Waals surface area contributed by atoms with Crippen molar-refractivity contribution in [1.82, 2.24) is 15.3 Å². The lowest BCUT2D eigenvalue weighted by atomic mass is 9.89. The average molecular weight is 446 g/mol. The summed E-state index contributed by atoms with van der Waals surface area (Å²) in [6.07, 6.45) is 4.01. The number of pyridine rings is 2. The molecule has 8 nitrogen and oxygen atoms in total. The van der Waals surface area contributed by atoms with E-state index in [-0.39, 0.29) is 37.0 Å². The van der Waals surface area contributed by atoms with E-state index in [2.05, 4.69) is 20.6 Å².